The van der Waals surface area contributed by atoms with Crippen LogP contribution in [0, 0.1) is 10.1 Å². The molecule has 6 nitrogen and oxygen atoms in total. The van der Waals surface area contributed by atoms with Crippen LogP contribution in [0.5, 0.6) is 0 Å². The molecule has 0 aromatic heterocycles. The van der Waals surface area contributed by atoms with Gasteiger partial charge < -0.3 is 5.11 Å². The van der Waals surface area contributed by atoms with Crippen molar-refractivity contribution in [2.24, 2.45) is 0 Å². The van der Waals surface area contributed by atoms with E-state index in [4.69, 9.17) is 11.6 Å². The summed E-state index contributed by atoms with van der Waals surface area (Å²) in [6.45, 7) is 1.15. The first-order chi connectivity index (χ1) is 8.07. The van der Waals surface area contributed by atoms with Gasteiger partial charge in [-0.2, -0.15) is 0 Å². The Hall–Kier alpha value is -1.18. The summed E-state index contributed by atoms with van der Waals surface area (Å²) in [6.07, 6.45) is -0.672. The van der Waals surface area contributed by atoms with Crippen molar-refractivity contribution in [3.63, 3.8) is 0 Å². The van der Waals surface area contributed by atoms with Gasteiger partial charge in [0.2, 0.25) is 0 Å². The molecule has 1 rings (SSSR count). The molecule has 0 aliphatic rings. The highest BCUT2D eigenvalue weighted by molar-refractivity contribution is 7.93. The molecule has 100 valence electrons. The lowest BCUT2D eigenvalue weighted by Gasteiger charge is -2.26. The number of aliphatic hydroxyl groups excluding tert-OH is 1. The summed E-state index contributed by atoms with van der Waals surface area (Å²) in [4.78, 5) is 9.96. The molecule has 18 heavy (non-hydrogen) atoms. The number of non-ortho nitro benzene ring substituents is 1. The van der Waals surface area contributed by atoms with Gasteiger partial charge >= 0.3 is 0 Å². The highest BCUT2D eigenvalue weighted by Crippen LogP contribution is 2.36. The zero-order valence-electron chi connectivity index (χ0n) is 9.70. The lowest BCUT2D eigenvalue weighted by Crippen LogP contribution is -2.35. The van der Waals surface area contributed by atoms with Crippen molar-refractivity contribution in [1.29, 1.82) is 0 Å². The van der Waals surface area contributed by atoms with Crippen molar-refractivity contribution in [3.05, 3.63) is 39.9 Å². The van der Waals surface area contributed by atoms with Crippen molar-refractivity contribution in [3.8, 4) is 0 Å². The number of alkyl halides is 1. The van der Waals surface area contributed by atoms with Crippen LogP contribution in [0.25, 0.3) is 0 Å². The predicted octanol–water partition coefficient (Wildman–Crippen LogP) is 1.63. The Balaban J connectivity index is 3.23. The fourth-order valence-corrected chi connectivity index (χ4v) is 1.98. The van der Waals surface area contributed by atoms with E-state index < -0.39 is 25.1 Å². The van der Waals surface area contributed by atoms with E-state index in [0.29, 0.717) is 0 Å². The molecule has 0 saturated heterocycles. The third kappa shape index (κ3) is 2.80. The first kappa shape index (κ1) is 14.9. The first-order valence-corrected chi connectivity index (χ1v) is 7.15. The summed E-state index contributed by atoms with van der Waals surface area (Å²) in [7, 11) is -3.74. The molecule has 1 N–H and O–H groups in total. The van der Waals surface area contributed by atoms with E-state index in [2.05, 4.69) is 0 Å². The van der Waals surface area contributed by atoms with Crippen LogP contribution in [0.3, 0.4) is 0 Å². The van der Waals surface area contributed by atoms with Gasteiger partial charge in [0.25, 0.3) is 5.69 Å². The number of nitro groups is 1. The van der Waals surface area contributed by atoms with E-state index in [1.165, 1.54) is 18.2 Å². The van der Waals surface area contributed by atoms with Gasteiger partial charge in [0.1, 0.15) is 6.10 Å². The van der Waals surface area contributed by atoms with Gasteiger partial charge in [-0.25, -0.2) is 8.42 Å². The Morgan fingerprint density at radius 2 is 2.06 bits per heavy atom. The molecule has 1 aromatic rings. The molecule has 0 bridgehead atoms. The summed E-state index contributed by atoms with van der Waals surface area (Å²) < 4.78 is 21.0. The second kappa shape index (κ2) is 4.83. The molecule has 0 radical (unpaired) electrons. The number of hydrogen-bond donors (Lipinski definition) is 1. The van der Waals surface area contributed by atoms with Crippen LogP contribution < -0.4 is 0 Å². The highest BCUT2D eigenvalue weighted by Gasteiger charge is 2.42. The molecule has 2 atom stereocenters. The number of rotatable bonds is 4. The number of benzene rings is 1. The van der Waals surface area contributed by atoms with Crippen LogP contribution >= 0.6 is 11.6 Å². The Morgan fingerprint density at radius 3 is 2.50 bits per heavy atom. The summed E-state index contributed by atoms with van der Waals surface area (Å²) in [5, 5.41) is 20.6. The second-order valence-electron chi connectivity index (χ2n) is 4.01. The number of aliphatic hydroxyl groups is 1. The van der Waals surface area contributed by atoms with E-state index in [-0.39, 0.29) is 11.3 Å². The van der Waals surface area contributed by atoms with Crippen molar-refractivity contribution < 1.29 is 18.4 Å². The van der Waals surface area contributed by atoms with E-state index >= 15 is 0 Å². The summed E-state index contributed by atoms with van der Waals surface area (Å²) in [5.41, 5.74) is -0.167. The minimum Gasteiger partial charge on any atom is -0.385 e. The average Bonchev–Trinajstić information content (AvgIpc) is 2.26. The molecule has 1 aromatic carbocycles. The minimum absolute atomic E-state index is 0.0760. The van der Waals surface area contributed by atoms with Crippen LogP contribution in [-0.4, -0.2) is 28.9 Å². The quantitative estimate of drug-likeness (QED) is 0.517. The van der Waals surface area contributed by atoms with Crippen LogP contribution in [0.4, 0.5) is 5.69 Å². The van der Waals surface area contributed by atoms with Gasteiger partial charge in [0, 0.05) is 18.4 Å². The van der Waals surface area contributed by atoms with Crippen molar-refractivity contribution >= 4 is 27.1 Å². The normalized spacial score (nSPS) is 16.9. The van der Waals surface area contributed by atoms with Gasteiger partial charge in [-0.15, -0.1) is 0 Å². The summed E-state index contributed by atoms with van der Waals surface area (Å²) in [5.74, 6) is 0. The maximum atomic E-state index is 11.5. The molecule has 0 amide bonds. The fourth-order valence-electron chi connectivity index (χ4n) is 1.31. The van der Waals surface area contributed by atoms with Crippen LogP contribution in [-0.2, 0) is 9.84 Å². The molecule has 0 heterocycles. The predicted molar refractivity (Wildman–Crippen MR) is 67.2 cm³/mol. The first-order valence-electron chi connectivity index (χ1n) is 4.88. The lowest BCUT2D eigenvalue weighted by molar-refractivity contribution is -0.385. The van der Waals surface area contributed by atoms with Gasteiger partial charge in [-0.05, 0) is 12.5 Å². The molecule has 0 unspecified atom stereocenters. The summed E-state index contributed by atoms with van der Waals surface area (Å²) in [6, 6.07) is 5.06. The van der Waals surface area contributed by atoms with Gasteiger partial charge in [0.05, 0.1) is 4.92 Å². The van der Waals surface area contributed by atoms with Crippen LogP contribution in [0.1, 0.15) is 18.6 Å². The van der Waals surface area contributed by atoms with Crippen molar-refractivity contribution in [2.75, 3.05) is 6.26 Å². The average molecular weight is 294 g/mol. The largest absolute Gasteiger partial charge is 0.385 e. The highest BCUT2D eigenvalue weighted by atomic mass is 35.5. The molecule has 0 spiro atoms. The topological polar surface area (TPSA) is 97.5 Å². The van der Waals surface area contributed by atoms with Crippen molar-refractivity contribution in [1.82, 2.24) is 0 Å². The third-order valence-corrected chi connectivity index (χ3v) is 5.33. The minimum atomic E-state index is -3.74. The molecule has 0 saturated carbocycles. The van der Waals surface area contributed by atoms with Crippen LogP contribution in [0.15, 0.2) is 24.3 Å². The van der Waals surface area contributed by atoms with E-state index in [1.807, 2.05) is 0 Å². The maximum Gasteiger partial charge on any atom is 0.269 e. The SMILES string of the molecule is C[C@@](Cl)([C@@H](O)c1cccc([N+](=O)[O-])c1)S(C)(=O)=O. The Kier molecular flexibility index (Phi) is 3.99. The third-order valence-electron chi connectivity index (χ3n) is 2.61. The fraction of sp³-hybridized carbons (Fsp3) is 0.400. The van der Waals surface area contributed by atoms with Gasteiger partial charge in [-0.1, -0.05) is 23.7 Å². The number of sulfone groups is 1. The standard InChI is InChI=1S/C10H12ClNO5S/c1-10(11,18(2,16)17)9(13)7-4-3-5-8(6-7)12(14)15/h3-6,9,13H,1-2H3/t9-,10-/m0/s1. The Labute approximate surface area is 109 Å². The molecule has 0 aliphatic heterocycles. The van der Waals surface area contributed by atoms with Gasteiger partial charge in [-0.3, -0.25) is 10.1 Å². The molecular weight excluding hydrogens is 282 g/mol. The molecular formula is C10H12ClNO5S. The zero-order chi connectivity index (χ0) is 14.1. The number of hydrogen-bond acceptors (Lipinski definition) is 5. The number of halogens is 1. The molecule has 0 aliphatic carbocycles. The molecule has 8 heteroatoms. The Bertz CT molecular complexity index is 569. The van der Waals surface area contributed by atoms with E-state index in [9.17, 15) is 23.6 Å². The number of nitrogens with zero attached hydrogens (tertiary/aromatic N) is 1. The van der Waals surface area contributed by atoms with E-state index in [1.54, 1.807) is 0 Å². The second-order valence-corrected chi connectivity index (χ2v) is 7.41. The van der Waals surface area contributed by atoms with E-state index in [0.717, 1.165) is 19.2 Å². The zero-order valence-corrected chi connectivity index (χ0v) is 11.3. The summed E-state index contributed by atoms with van der Waals surface area (Å²) >= 11 is 5.82. The maximum absolute atomic E-state index is 11.5. The smallest absolute Gasteiger partial charge is 0.269 e. The number of nitro benzene ring substituents is 1. The monoisotopic (exact) mass is 293 g/mol. The lowest BCUT2D eigenvalue weighted by atomic mass is 10.1. The Morgan fingerprint density at radius 1 is 1.50 bits per heavy atom. The van der Waals surface area contributed by atoms with Crippen molar-refractivity contribution in [2.45, 2.75) is 17.2 Å². The van der Waals surface area contributed by atoms with Crippen LogP contribution in [0.2, 0.25) is 0 Å². The molecule has 0 fully saturated rings. The van der Waals surface area contributed by atoms with Gasteiger partial charge in [0.15, 0.2) is 14.0 Å².